The Labute approximate surface area is 83.6 Å². The average molecular weight is 204 g/mol. The van der Waals surface area contributed by atoms with Gasteiger partial charge in [-0.3, -0.25) is 0 Å². The van der Waals surface area contributed by atoms with Crippen LogP contribution in [0.4, 0.5) is 8.78 Å². The molecule has 4 nitrogen and oxygen atoms in total. The molecule has 1 heterocycles. The second-order valence-corrected chi connectivity index (χ2v) is 2.48. The van der Waals surface area contributed by atoms with E-state index < -0.39 is 29.4 Å². The van der Waals surface area contributed by atoms with Gasteiger partial charge < -0.3 is 0 Å². The van der Waals surface area contributed by atoms with Crippen molar-refractivity contribution < 1.29 is 8.78 Å². The van der Waals surface area contributed by atoms with E-state index in [1.165, 1.54) is 12.1 Å². The highest BCUT2D eigenvalue weighted by Crippen LogP contribution is 2.18. The van der Waals surface area contributed by atoms with Crippen molar-refractivity contribution in [1.82, 2.24) is 4.98 Å². The van der Waals surface area contributed by atoms with Crippen LogP contribution in [0.3, 0.4) is 0 Å². The Morgan fingerprint density at radius 1 is 1.00 bits per heavy atom. The van der Waals surface area contributed by atoms with Gasteiger partial charge in [0.05, 0.1) is 12.5 Å². The molecular weight excluding hydrogens is 202 g/mol. The first kappa shape index (κ1) is 10.6. The minimum absolute atomic E-state index is 0.257. The monoisotopic (exact) mass is 204 g/mol. The molecule has 0 amide bonds. The van der Waals surface area contributed by atoms with Crippen LogP contribution in [0.25, 0.3) is 0 Å². The standard InChI is InChI=1S/C9H2F2N4/c10-8-6(3-13)5(1-2-12)7(4-14)9(11)15-8/h1H2. The first-order valence-corrected chi connectivity index (χ1v) is 3.70. The van der Waals surface area contributed by atoms with Crippen LogP contribution in [0, 0.1) is 45.9 Å². The van der Waals surface area contributed by atoms with E-state index in [1.807, 2.05) is 0 Å². The van der Waals surface area contributed by atoms with E-state index in [-0.39, 0.29) is 5.56 Å². The van der Waals surface area contributed by atoms with Gasteiger partial charge in [0, 0.05) is 5.56 Å². The summed E-state index contributed by atoms with van der Waals surface area (Å²) in [5.74, 6) is -2.61. The van der Waals surface area contributed by atoms with Crippen molar-refractivity contribution >= 4 is 0 Å². The molecule has 0 spiro atoms. The third-order valence-corrected chi connectivity index (χ3v) is 1.69. The average Bonchev–Trinajstić information content (AvgIpc) is 2.18. The Kier molecular flexibility index (Phi) is 2.91. The molecule has 0 aliphatic rings. The van der Waals surface area contributed by atoms with E-state index in [2.05, 4.69) is 4.98 Å². The highest BCUT2D eigenvalue weighted by molar-refractivity contribution is 5.48. The fourth-order valence-electron chi connectivity index (χ4n) is 1.06. The van der Waals surface area contributed by atoms with Crippen molar-refractivity contribution in [3.8, 4) is 18.2 Å². The summed E-state index contributed by atoms with van der Waals surface area (Å²) < 4.78 is 25.9. The first-order chi connectivity index (χ1) is 7.15. The number of nitrogens with zero attached hydrogens (tertiary/aromatic N) is 4. The predicted octanol–water partition coefficient (Wildman–Crippen LogP) is 1.17. The van der Waals surface area contributed by atoms with E-state index in [4.69, 9.17) is 15.8 Å². The van der Waals surface area contributed by atoms with Crippen LogP contribution >= 0.6 is 0 Å². The molecule has 0 fully saturated rings. The largest absolute Gasteiger partial charge is 0.233 e. The smallest absolute Gasteiger partial charge is 0.198 e. The molecule has 1 aromatic rings. The Morgan fingerprint density at radius 3 is 1.80 bits per heavy atom. The Bertz CT molecular complexity index is 493. The summed E-state index contributed by atoms with van der Waals surface area (Å²) in [6, 6.07) is 4.51. The van der Waals surface area contributed by atoms with Crippen LogP contribution < -0.4 is 0 Å². The Hall–Kier alpha value is -2.52. The third kappa shape index (κ3) is 1.72. The number of rotatable bonds is 1. The van der Waals surface area contributed by atoms with Crippen LogP contribution in [-0.4, -0.2) is 4.98 Å². The molecule has 1 rings (SSSR count). The van der Waals surface area contributed by atoms with Crippen LogP contribution in [0.15, 0.2) is 0 Å². The van der Waals surface area contributed by atoms with Gasteiger partial charge in [-0.25, -0.2) is 0 Å². The lowest BCUT2D eigenvalue weighted by Crippen LogP contribution is -2.05. The number of aromatic nitrogens is 1. The SMILES string of the molecule is N#CCc1c(C#N)c(F)nc(F)c1C#N. The maximum Gasteiger partial charge on any atom is 0.233 e. The van der Waals surface area contributed by atoms with Gasteiger partial charge in [-0.15, -0.1) is 0 Å². The van der Waals surface area contributed by atoms with Crippen molar-refractivity contribution in [2.24, 2.45) is 0 Å². The van der Waals surface area contributed by atoms with E-state index in [1.54, 1.807) is 6.07 Å². The van der Waals surface area contributed by atoms with Gasteiger partial charge >= 0.3 is 0 Å². The minimum Gasteiger partial charge on any atom is -0.198 e. The molecule has 0 bridgehead atoms. The summed E-state index contributed by atoms with van der Waals surface area (Å²) in [7, 11) is 0. The second kappa shape index (κ2) is 4.13. The molecule has 0 aliphatic carbocycles. The lowest BCUT2D eigenvalue weighted by atomic mass is 10.0. The lowest BCUT2D eigenvalue weighted by molar-refractivity contribution is 0.505. The highest BCUT2D eigenvalue weighted by Gasteiger charge is 2.19. The molecule has 0 unspecified atom stereocenters. The van der Waals surface area contributed by atoms with Gasteiger partial charge in [0.15, 0.2) is 0 Å². The zero-order chi connectivity index (χ0) is 11.4. The summed E-state index contributed by atoms with van der Waals surface area (Å²) in [6.45, 7) is 0. The molecule has 0 atom stereocenters. The molecular formula is C9H2F2N4. The topological polar surface area (TPSA) is 84.3 Å². The predicted molar refractivity (Wildman–Crippen MR) is 42.9 cm³/mol. The second-order valence-electron chi connectivity index (χ2n) is 2.48. The quantitative estimate of drug-likeness (QED) is 0.642. The van der Waals surface area contributed by atoms with Gasteiger partial charge in [-0.05, 0) is 0 Å². The zero-order valence-corrected chi connectivity index (χ0v) is 7.25. The van der Waals surface area contributed by atoms with Crippen molar-refractivity contribution in [1.29, 1.82) is 15.8 Å². The minimum atomic E-state index is -1.31. The molecule has 0 saturated heterocycles. The van der Waals surface area contributed by atoms with Crippen molar-refractivity contribution in [3.63, 3.8) is 0 Å². The number of hydrogen-bond acceptors (Lipinski definition) is 4. The summed E-state index contributed by atoms with van der Waals surface area (Å²) >= 11 is 0. The maximum absolute atomic E-state index is 13.0. The molecule has 72 valence electrons. The molecule has 0 saturated carbocycles. The fraction of sp³-hybridized carbons (Fsp3) is 0.111. The first-order valence-electron chi connectivity index (χ1n) is 3.70. The lowest BCUT2D eigenvalue weighted by Gasteiger charge is -2.02. The maximum atomic E-state index is 13.0. The van der Waals surface area contributed by atoms with Gasteiger partial charge in [-0.1, -0.05) is 0 Å². The third-order valence-electron chi connectivity index (χ3n) is 1.69. The zero-order valence-electron chi connectivity index (χ0n) is 7.25. The fourth-order valence-corrected chi connectivity index (χ4v) is 1.06. The van der Waals surface area contributed by atoms with E-state index in [0.29, 0.717) is 0 Å². The number of pyridine rings is 1. The number of nitriles is 3. The molecule has 1 aromatic heterocycles. The number of hydrogen-bond donors (Lipinski definition) is 0. The summed E-state index contributed by atoms with van der Waals surface area (Å²) in [6.07, 6.45) is -0.415. The van der Waals surface area contributed by atoms with E-state index in [0.717, 1.165) is 0 Å². The van der Waals surface area contributed by atoms with Crippen molar-refractivity contribution in [2.75, 3.05) is 0 Å². The van der Waals surface area contributed by atoms with Crippen LogP contribution in [0.1, 0.15) is 16.7 Å². The van der Waals surface area contributed by atoms with Crippen molar-refractivity contribution in [2.45, 2.75) is 6.42 Å². The summed E-state index contributed by atoms with van der Waals surface area (Å²) in [5, 5.41) is 25.5. The normalized spacial score (nSPS) is 8.73. The molecule has 15 heavy (non-hydrogen) atoms. The van der Waals surface area contributed by atoms with Crippen LogP contribution in [0.5, 0.6) is 0 Å². The molecule has 0 aromatic carbocycles. The van der Waals surface area contributed by atoms with Crippen LogP contribution in [0.2, 0.25) is 0 Å². The van der Waals surface area contributed by atoms with Gasteiger partial charge in [0.1, 0.15) is 23.3 Å². The van der Waals surface area contributed by atoms with Crippen LogP contribution in [-0.2, 0) is 6.42 Å². The molecule has 0 aliphatic heterocycles. The molecule has 0 N–H and O–H groups in total. The summed E-state index contributed by atoms with van der Waals surface area (Å²) in [4.78, 5) is 2.77. The Morgan fingerprint density at radius 2 is 1.47 bits per heavy atom. The highest BCUT2D eigenvalue weighted by atomic mass is 19.1. The van der Waals surface area contributed by atoms with Gasteiger partial charge in [0.25, 0.3) is 0 Å². The van der Waals surface area contributed by atoms with Gasteiger partial charge in [0.2, 0.25) is 11.9 Å². The van der Waals surface area contributed by atoms with Gasteiger partial charge in [-0.2, -0.15) is 29.6 Å². The van der Waals surface area contributed by atoms with E-state index >= 15 is 0 Å². The summed E-state index contributed by atoms with van der Waals surface area (Å²) in [5.41, 5.74) is -1.38. The Balaban J connectivity index is 3.64. The number of halogens is 2. The molecule has 6 heteroatoms. The van der Waals surface area contributed by atoms with E-state index in [9.17, 15) is 8.78 Å². The molecule has 0 radical (unpaired) electrons. The van der Waals surface area contributed by atoms with Crippen molar-refractivity contribution in [3.05, 3.63) is 28.6 Å².